The molecule has 1 aromatic carbocycles. The van der Waals surface area contributed by atoms with Gasteiger partial charge >= 0.3 is 0 Å². The van der Waals surface area contributed by atoms with E-state index in [-0.39, 0.29) is 15.6 Å². The molecule has 0 bridgehead atoms. The van der Waals surface area contributed by atoms with Gasteiger partial charge in [-0.15, -0.1) is 4.83 Å². The number of rotatable bonds is 5. The summed E-state index contributed by atoms with van der Waals surface area (Å²) >= 11 is 8.79. The Morgan fingerprint density at radius 1 is 1.30 bits per heavy atom. The van der Waals surface area contributed by atoms with Crippen LogP contribution < -0.4 is 15.0 Å². The van der Waals surface area contributed by atoms with Gasteiger partial charge in [0.15, 0.2) is 0 Å². The van der Waals surface area contributed by atoms with Crippen LogP contribution in [-0.2, 0) is 10.0 Å². The third-order valence-corrected chi connectivity index (χ3v) is 5.08. The van der Waals surface area contributed by atoms with E-state index in [1.165, 1.54) is 25.3 Å². The molecule has 1 aromatic heterocycles. The van der Waals surface area contributed by atoms with Crippen molar-refractivity contribution in [2.45, 2.75) is 4.90 Å². The molecule has 0 unspecified atom stereocenters. The first-order valence-electron chi connectivity index (χ1n) is 6.11. The number of ether oxygens (including phenoxy) is 1. The molecule has 0 saturated carbocycles. The summed E-state index contributed by atoms with van der Waals surface area (Å²) in [6, 6.07) is 7.45. The predicted octanol–water partition coefficient (Wildman–Crippen LogP) is 2.13. The number of amides is 1. The summed E-state index contributed by atoms with van der Waals surface area (Å²) in [6.45, 7) is 0. The van der Waals surface area contributed by atoms with Gasteiger partial charge < -0.3 is 4.74 Å². The molecule has 1 heterocycles. The van der Waals surface area contributed by atoms with Gasteiger partial charge in [0.25, 0.3) is 15.9 Å². The Kier molecular flexibility index (Phi) is 5.58. The summed E-state index contributed by atoms with van der Waals surface area (Å²) in [7, 11) is -2.47. The van der Waals surface area contributed by atoms with Crippen LogP contribution in [0.3, 0.4) is 0 Å². The van der Waals surface area contributed by atoms with Crippen molar-refractivity contribution in [1.29, 1.82) is 0 Å². The van der Waals surface area contributed by atoms with Crippen molar-refractivity contribution >= 4 is 43.5 Å². The fourth-order valence-electron chi connectivity index (χ4n) is 1.54. The fourth-order valence-corrected chi connectivity index (χ4v) is 2.95. The number of pyridine rings is 1. The highest BCUT2D eigenvalue weighted by atomic mass is 79.9. The second-order valence-corrected chi connectivity index (χ2v) is 7.13. The molecule has 2 rings (SSSR count). The number of hydrogen-bond acceptors (Lipinski definition) is 5. The topological polar surface area (TPSA) is 97.4 Å². The quantitative estimate of drug-likeness (QED) is 0.570. The number of hydrazine groups is 1. The number of carbonyl (C=O) groups excluding carboxylic acids is 1. The van der Waals surface area contributed by atoms with Crippen LogP contribution in [0, 0.1) is 0 Å². The number of nitrogens with zero attached hydrogens (tertiary/aromatic N) is 1. The summed E-state index contributed by atoms with van der Waals surface area (Å²) in [5.74, 6) is -0.0311. The minimum atomic E-state index is -3.97. The van der Waals surface area contributed by atoms with Crippen LogP contribution in [0.15, 0.2) is 45.9 Å². The molecule has 7 nitrogen and oxygen atoms in total. The first-order valence-corrected chi connectivity index (χ1v) is 8.76. The van der Waals surface area contributed by atoms with Gasteiger partial charge in [-0.05, 0) is 46.3 Å². The lowest BCUT2D eigenvalue weighted by atomic mass is 10.2. The number of benzene rings is 1. The van der Waals surface area contributed by atoms with E-state index < -0.39 is 15.9 Å². The van der Waals surface area contributed by atoms with Crippen LogP contribution in [0.5, 0.6) is 5.75 Å². The third-order valence-electron chi connectivity index (χ3n) is 2.73. The summed E-state index contributed by atoms with van der Waals surface area (Å²) in [5.41, 5.74) is 2.38. The number of aromatic nitrogens is 1. The zero-order valence-electron chi connectivity index (χ0n) is 11.7. The van der Waals surface area contributed by atoms with Crippen molar-refractivity contribution < 1.29 is 17.9 Å². The maximum atomic E-state index is 12.1. The minimum absolute atomic E-state index is 0.131. The summed E-state index contributed by atoms with van der Waals surface area (Å²) in [4.78, 5) is 17.5. The summed E-state index contributed by atoms with van der Waals surface area (Å²) in [6.07, 6.45) is 1.08. The summed E-state index contributed by atoms with van der Waals surface area (Å²) < 4.78 is 29.5. The monoisotopic (exact) mass is 419 g/mol. The van der Waals surface area contributed by atoms with Crippen molar-refractivity contribution in [2.75, 3.05) is 7.11 Å². The normalized spacial score (nSPS) is 11.1. The molecule has 0 saturated heterocycles. The van der Waals surface area contributed by atoms with Gasteiger partial charge in [-0.25, -0.2) is 13.4 Å². The second-order valence-electron chi connectivity index (χ2n) is 4.23. The van der Waals surface area contributed by atoms with E-state index >= 15 is 0 Å². The van der Waals surface area contributed by atoms with Crippen LogP contribution >= 0.6 is 27.5 Å². The zero-order chi connectivity index (χ0) is 17.0. The van der Waals surface area contributed by atoms with E-state index in [9.17, 15) is 13.2 Å². The molecule has 0 aliphatic rings. The van der Waals surface area contributed by atoms with Gasteiger partial charge in [-0.2, -0.15) is 0 Å². The van der Waals surface area contributed by atoms with Crippen molar-refractivity contribution in [3.8, 4) is 5.75 Å². The number of methoxy groups -OCH3 is 1. The number of halogens is 2. The maximum absolute atomic E-state index is 12.1. The largest absolute Gasteiger partial charge is 0.497 e. The Balaban J connectivity index is 2.08. The molecular formula is C13H11BrClN3O4S. The highest BCUT2D eigenvalue weighted by Crippen LogP contribution is 2.22. The first-order chi connectivity index (χ1) is 10.8. The molecule has 0 aliphatic heterocycles. The maximum Gasteiger partial charge on any atom is 0.266 e. The Bertz CT molecular complexity index is 828. The highest BCUT2D eigenvalue weighted by molar-refractivity contribution is 9.10. The second kappa shape index (κ2) is 7.26. The first kappa shape index (κ1) is 17.7. The molecule has 1 amide bonds. The van der Waals surface area contributed by atoms with E-state index in [2.05, 4.69) is 26.3 Å². The van der Waals surface area contributed by atoms with Gasteiger partial charge in [-0.1, -0.05) is 11.6 Å². The smallest absolute Gasteiger partial charge is 0.266 e. The Labute approximate surface area is 146 Å². The average Bonchev–Trinajstić information content (AvgIpc) is 2.55. The molecule has 2 N–H and O–H groups in total. The Hall–Kier alpha value is -1.68. The molecule has 0 aliphatic carbocycles. The van der Waals surface area contributed by atoms with Crippen LogP contribution in [0.2, 0.25) is 5.15 Å². The zero-order valence-corrected chi connectivity index (χ0v) is 14.9. The molecule has 23 heavy (non-hydrogen) atoms. The van der Waals surface area contributed by atoms with Gasteiger partial charge in [0, 0.05) is 11.8 Å². The number of nitrogens with one attached hydrogen (secondary N) is 2. The van der Waals surface area contributed by atoms with Gasteiger partial charge in [0.1, 0.15) is 15.8 Å². The lowest BCUT2D eigenvalue weighted by Gasteiger charge is -2.09. The highest BCUT2D eigenvalue weighted by Gasteiger charge is 2.17. The summed E-state index contributed by atoms with van der Waals surface area (Å²) in [5, 5.41) is 0.131. The molecule has 122 valence electrons. The van der Waals surface area contributed by atoms with Crippen molar-refractivity contribution in [3.05, 3.63) is 51.7 Å². The van der Waals surface area contributed by atoms with E-state index in [4.69, 9.17) is 16.3 Å². The lowest BCUT2D eigenvalue weighted by molar-refractivity contribution is 0.0945. The Morgan fingerprint density at radius 3 is 2.52 bits per heavy atom. The van der Waals surface area contributed by atoms with E-state index in [0.717, 1.165) is 6.20 Å². The molecule has 0 atom stereocenters. The molecule has 10 heteroatoms. The fraction of sp³-hybridized carbons (Fsp3) is 0.0769. The number of hydrogen-bond donors (Lipinski definition) is 2. The third kappa shape index (κ3) is 4.41. The molecule has 0 spiro atoms. The van der Waals surface area contributed by atoms with E-state index in [0.29, 0.717) is 10.2 Å². The van der Waals surface area contributed by atoms with Crippen LogP contribution in [-0.4, -0.2) is 26.4 Å². The van der Waals surface area contributed by atoms with Crippen molar-refractivity contribution in [3.63, 3.8) is 0 Å². The van der Waals surface area contributed by atoms with Crippen molar-refractivity contribution in [1.82, 2.24) is 15.2 Å². The van der Waals surface area contributed by atoms with Gasteiger partial charge in [-0.3, -0.25) is 10.2 Å². The van der Waals surface area contributed by atoms with Crippen LogP contribution in [0.1, 0.15) is 10.4 Å². The number of carbonyl (C=O) groups is 1. The standard InChI is InChI=1S/C13H11BrClN3O4S/c1-22-9-4-2-8(3-5-9)13(19)17-18-23(20,21)10-6-11(14)12(15)16-7-10/h2-7,18H,1H3,(H,17,19). The van der Waals surface area contributed by atoms with E-state index in [1.54, 1.807) is 12.1 Å². The molecule has 2 aromatic rings. The van der Waals surface area contributed by atoms with Crippen molar-refractivity contribution in [2.24, 2.45) is 0 Å². The minimum Gasteiger partial charge on any atom is -0.497 e. The SMILES string of the molecule is COc1ccc(C(=O)NNS(=O)(=O)c2cnc(Cl)c(Br)c2)cc1. The van der Waals surface area contributed by atoms with Crippen LogP contribution in [0.4, 0.5) is 0 Å². The molecular weight excluding hydrogens is 410 g/mol. The molecule has 0 radical (unpaired) electrons. The van der Waals surface area contributed by atoms with Gasteiger partial charge in [0.05, 0.1) is 11.6 Å². The molecule has 0 fully saturated rings. The Morgan fingerprint density at radius 2 is 1.96 bits per heavy atom. The number of sulfonamides is 1. The van der Waals surface area contributed by atoms with E-state index in [1.807, 2.05) is 4.83 Å². The predicted molar refractivity (Wildman–Crippen MR) is 87.7 cm³/mol. The lowest BCUT2D eigenvalue weighted by Crippen LogP contribution is -2.41. The van der Waals surface area contributed by atoms with Gasteiger partial charge in [0.2, 0.25) is 0 Å². The average molecular weight is 421 g/mol. The van der Waals surface area contributed by atoms with Crippen LogP contribution in [0.25, 0.3) is 0 Å².